The van der Waals surface area contributed by atoms with Crippen LogP contribution < -0.4 is 5.32 Å². The van der Waals surface area contributed by atoms with Gasteiger partial charge in [-0.25, -0.2) is 9.89 Å². The fourth-order valence-corrected chi connectivity index (χ4v) is 1.21. The number of ether oxygens (including phenoxy) is 1. The fraction of sp³-hybridized carbons (Fsp3) is 0.571. The molecule has 0 saturated carbocycles. The number of carbonyl (C=O) groups is 1. The maximum Gasteiger partial charge on any atom is 0.324 e. The SMILES string of the molecule is O=C(Nc1ncn[nH]1)N1CCOCC1. The zero-order chi connectivity index (χ0) is 9.80. The third-order valence-electron chi connectivity index (χ3n) is 1.94. The number of aromatic amines is 1. The van der Waals surface area contributed by atoms with Crippen LogP contribution in [0.25, 0.3) is 0 Å². The number of morpholine rings is 1. The summed E-state index contributed by atoms with van der Waals surface area (Å²) in [7, 11) is 0. The van der Waals surface area contributed by atoms with Gasteiger partial charge in [0.05, 0.1) is 13.2 Å². The first kappa shape index (κ1) is 8.95. The highest BCUT2D eigenvalue weighted by Crippen LogP contribution is 2.01. The fourth-order valence-electron chi connectivity index (χ4n) is 1.21. The average Bonchev–Trinajstić information content (AvgIpc) is 2.72. The predicted molar refractivity (Wildman–Crippen MR) is 47.8 cm³/mol. The molecular weight excluding hydrogens is 186 g/mol. The summed E-state index contributed by atoms with van der Waals surface area (Å²) in [4.78, 5) is 17.0. The Morgan fingerprint density at radius 2 is 2.36 bits per heavy atom. The Hall–Kier alpha value is -1.63. The van der Waals surface area contributed by atoms with Gasteiger partial charge in [-0.1, -0.05) is 0 Å². The predicted octanol–water partition coefficient (Wildman–Crippen LogP) is -0.331. The third-order valence-corrected chi connectivity index (χ3v) is 1.94. The van der Waals surface area contributed by atoms with Crippen LogP contribution in [0, 0.1) is 0 Å². The second-order valence-corrected chi connectivity index (χ2v) is 2.86. The Morgan fingerprint density at radius 1 is 1.57 bits per heavy atom. The molecule has 0 radical (unpaired) electrons. The minimum Gasteiger partial charge on any atom is -0.378 e. The van der Waals surface area contributed by atoms with Crippen molar-refractivity contribution in [2.75, 3.05) is 31.6 Å². The molecular formula is C7H11N5O2. The van der Waals surface area contributed by atoms with Gasteiger partial charge in [-0.15, -0.1) is 0 Å². The molecule has 1 aromatic heterocycles. The van der Waals surface area contributed by atoms with E-state index in [4.69, 9.17) is 4.74 Å². The summed E-state index contributed by atoms with van der Waals surface area (Å²) < 4.78 is 5.13. The molecule has 2 rings (SSSR count). The lowest BCUT2D eigenvalue weighted by Gasteiger charge is -2.26. The molecule has 2 amide bonds. The van der Waals surface area contributed by atoms with E-state index < -0.39 is 0 Å². The first-order valence-electron chi connectivity index (χ1n) is 4.35. The molecule has 0 bridgehead atoms. The van der Waals surface area contributed by atoms with Gasteiger partial charge >= 0.3 is 6.03 Å². The highest BCUT2D eigenvalue weighted by atomic mass is 16.5. The largest absolute Gasteiger partial charge is 0.378 e. The molecule has 76 valence electrons. The summed E-state index contributed by atoms with van der Waals surface area (Å²) in [5.41, 5.74) is 0. The lowest BCUT2D eigenvalue weighted by molar-refractivity contribution is 0.0564. The van der Waals surface area contributed by atoms with Crippen LogP contribution in [0.2, 0.25) is 0 Å². The van der Waals surface area contributed by atoms with Gasteiger partial charge in [0.1, 0.15) is 6.33 Å². The normalized spacial score (nSPS) is 16.7. The first-order valence-corrected chi connectivity index (χ1v) is 4.35. The summed E-state index contributed by atoms with van der Waals surface area (Å²) in [6.45, 7) is 2.40. The number of hydrogen-bond acceptors (Lipinski definition) is 4. The topological polar surface area (TPSA) is 83.1 Å². The molecule has 2 heterocycles. The van der Waals surface area contributed by atoms with E-state index in [1.54, 1.807) is 4.90 Å². The highest BCUT2D eigenvalue weighted by Gasteiger charge is 2.17. The summed E-state index contributed by atoms with van der Waals surface area (Å²) in [6.07, 6.45) is 1.34. The molecule has 0 atom stereocenters. The van der Waals surface area contributed by atoms with Crippen molar-refractivity contribution in [3.8, 4) is 0 Å². The molecule has 1 fully saturated rings. The van der Waals surface area contributed by atoms with Crippen LogP contribution >= 0.6 is 0 Å². The van der Waals surface area contributed by atoms with Crippen molar-refractivity contribution in [2.24, 2.45) is 0 Å². The van der Waals surface area contributed by atoms with E-state index >= 15 is 0 Å². The molecule has 1 saturated heterocycles. The van der Waals surface area contributed by atoms with Gasteiger partial charge in [-0.3, -0.25) is 5.32 Å². The zero-order valence-electron chi connectivity index (χ0n) is 7.56. The van der Waals surface area contributed by atoms with Crippen LogP contribution in [0.4, 0.5) is 10.7 Å². The molecule has 0 spiro atoms. The van der Waals surface area contributed by atoms with Gasteiger partial charge in [-0.05, 0) is 0 Å². The summed E-state index contributed by atoms with van der Waals surface area (Å²) in [5, 5.41) is 8.78. The molecule has 1 aliphatic heterocycles. The highest BCUT2D eigenvalue weighted by molar-refractivity contribution is 5.87. The van der Waals surface area contributed by atoms with E-state index in [1.807, 2.05) is 0 Å². The Labute approximate surface area is 80.5 Å². The van der Waals surface area contributed by atoms with Gasteiger partial charge < -0.3 is 9.64 Å². The van der Waals surface area contributed by atoms with Gasteiger partial charge in [0.15, 0.2) is 0 Å². The van der Waals surface area contributed by atoms with Crippen molar-refractivity contribution < 1.29 is 9.53 Å². The van der Waals surface area contributed by atoms with Crippen LogP contribution in [0.15, 0.2) is 6.33 Å². The number of aromatic nitrogens is 3. The van der Waals surface area contributed by atoms with Crippen molar-refractivity contribution in [3.63, 3.8) is 0 Å². The van der Waals surface area contributed by atoms with E-state index in [9.17, 15) is 4.79 Å². The average molecular weight is 197 g/mol. The second-order valence-electron chi connectivity index (χ2n) is 2.86. The summed E-state index contributed by atoms with van der Waals surface area (Å²) >= 11 is 0. The number of urea groups is 1. The molecule has 0 aromatic carbocycles. The summed E-state index contributed by atoms with van der Waals surface area (Å²) in [6, 6.07) is -0.176. The van der Waals surface area contributed by atoms with Crippen molar-refractivity contribution >= 4 is 12.0 Å². The monoisotopic (exact) mass is 197 g/mol. The number of nitrogens with zero attached hydrogens (tertiary/aromatic N) is 3. The maximum atomic E-state index is 11.5. The van der Waals surface area contributed by atoms with Crippen LogP contribution in [-0.4, -0.2) is 52.4 Å². The quantitative estimate of drug-likeness (QED) is 0.645. The van der Waals surface area contributed by atoms with Crippen molar-refractivity contribution in [2.45, 2.75) is 0 Å². The number of rotatable bonds is 1. The minimum absolute atomic E-state index is 0.176. The molecule has 0 unspecified atom stereocenters. The number of hydrogen-bond donors (Lipinski definition) is 2. The Balaban J connectivity index is 1.88. The number of carbonyl (C=O) groups excluding carboxylic acids is 1. The van der Waals surface area contributed by atoms with Gasteiger partial charge in [0, 0.05) is 13.1 Å². The standard InChI is InChI=1S/C7H11N5O2/c13-7(10-6-8-5-9-11-6)12-1-3-14-4-2-12/h5H,1-4H2,(H2,8,9,10,11,13). The minimum atomic E-state index is -0.176. The Morgan fingerprint density at radius 3 is 3.00 bits per heavy atom. The zero-order valence-corrected chi connectivity index (χ0v) is 7.56. The molecule has 14 heavy (non-hydrogen) atoms. The second kappa shape index (κ2) is 4.05. The van der Waals surface area contributed by atoms with Gasteiger partial charge in [-0.2, -0.15) is 10.1 Å². The van der Waals surface area contributed by atoms with Crippen molar-refractivity contribution in [1.82, 2.24) is 20.1 Å². The lowest BCUT2D eigenvalue weighted by Crippen LogP contribution is -2.43. The van der Waals surface area contributed by atoms with Crippen LogP contribution in [-0.2, 0) is 4.74 Å². The van der Waals surface area contributed by atoms with E-state index in [2.05, 4.69) is 20.5 Å². The number of H-pyrrole nitrogens is 1. The molecule has 7 nitrogen and oxygen atoms in total. The summed E-state index contributed by atoms with van der Waals surface area (Å²) in [5.74, 6) is 0.362. The Bertz CT molecular complexity index is 293. The molecule has 1 aliphatic rings. The maximum absolute atomic E-state index is 11.5. The van der Waals surface area contributed by atoms with Crippen molar-refractivity contribution in [3.05, 3.63) is 6.33 Å². The molecule has 1 aromatic rings. The van der Waals surface area contributed by atoms with E-state index in [-0.39, 0.29) is 6.03 Å². The molecule has 2 N–H and O–H groups in total. The van der Waals surface area contributed by atoms with Crippen LogP contribution in [0.3, 0.4) is 0 Å². The van der Waals surface area contributed by atoms with Crippen LogP contribution in [0.5, 0.6) is 0 Å². The number of anilines is 1. The first-order chi connectivity index (χ1) is 6.86. The van der Waals surface area contributed by atoms with E-state index in [0.29, 0.717) is 32.3 Å². The van der Waals surface area contributed by atoms with Crippen LogP contribution in [0.1, 0.15) is 0 Å². The third kappa shape index (κ3) is 1.99. The molecule has 7 heteroatoms. The van der Waals surface area contributed by atoms with Crippen molar-refractivity contribution in [1.29, 1.82) is 0 Å². The lowest BCUT2D eigenvalue weighted by atomic mass is 10.4. The number of nitrogens with one attached hydrogen (secondary N) is 2. The van der Waals surface area contributed by atoms with E-state index in [1.165, 1.54) is 6.33 Å². The Kier molecular flexibility index (Phi) is 2.59. The molecule has 0 aliphatic carbocycles. The number of amides is 2. The van der Waals surface area contributed by atoms with E-state index in [0.717, 1.165) is 0 Å². The van der Waals surface area contributed by atoms with Gasteiger partial charge in [0.25, 0.3) is 0 Å². The van der Waals surface area contributed by atoms with Gasteiger partial charge in [0.2, 0.25) is 5.95 Å². The smallest absolute Gasteiger partial charge is 0.324 e.